The molecule has 0 aliphatic heterocycles. The fourth-order valence-corrected chi connectivity index (χ4v) is 11.1. The number of allylic oxidation sites excluding steroid dienone is 4. The number of hydrogen-bond acceptors (Lipinski definition) is 0. The standard InChI is InChI=1S/C22H22Cl2Si/c1-13-15-9-5-7-11-17(15)21(19(13)23)25(3,4)22-18-12-8-6-10-16(18)14(2)20(22)24/h5-12,21-22H,1-4H3. The number of hydrogen-bond donors (Lipinski definition) is 0. The summed E-state index contributed by atoms with van der Waals surface area (Å²) in [5.74, 6) is 0. The maximum absolute atomic E-state index is 6.92. The van der Waals surface area contributed by atoms with Gasteiger partial charge in [-0.1, -0.05) is 84.8 Å². The summed E-state index contributed by atoms with van der Waals surface area (Å²) in [6.45, 7) is 9.18. The minimum Gasteiger partial charge on any atom is -0.0885 e. The molecule has 2 aromatic rings. The Morgan fingerprint density at radius 2 is 1.04 bits per heavy atom. The van der Waals surface area contributed by atoms with Crippen LogP contribution < -0.4 is 0 Å². The van der Waals surface area contributed by atoms with Crippen molar-refractivity contribution in [3.63, 3.8) is 0 Å². The molecular weight excluding hydrogens is 363 g/mol. The molecule has 2 aromatic carbocycles. The molecule has 0 radical (unpaired) electrons. The van der Waals surface area contributed by atoms with Crippen molar-refractivity contribution in [2.45, 2.75) is 38.0 Å². The maximum atomic E-state index is 6.92. The van der Waals surface area contributed by atoms with Crippen LogP contribution in [0.4, 0.5) is 0 Å². The van der Waals surface area contributed by atoms with E-state index in [0.29, 0.717) is 11.1 Å². The zero-order valence-corrected chi connectivity index (χ0v) is 17.5. The highest BCUT2D eigenvalue weighted by Crippen LogP contribution is 2.56. The molecule has 0 N–H and O–H groups in total. The molecule has 3 heteroatoms. The molecule has 0 bridgehead atoms. The van der Waals surface area contributed by atoms with Crippen LogP contribution in [-0.2, 0) is 0 Å². The molecule has 4 rings (SSSR count). The molecule has 2 aliphatic carbocycles. The second kappa shape index (κ2) is 5.87. The maximum Gasteiger partial charge on any atom is 0.0753 e. The van der Waals surface area contributed by atoms with Crippen LogP contribution in [0.2, 0.25) is 13.1 Å². The number of rotatable bonds is 2. The lowest BCUT2D eigenvalue weighted by Gasteiger charge is -2.37. The Kier molecular flexibility index (Phi) is 4.03. The van der Waals surface area contributed by atoms with Gasteiger partial charge in [-0.05, 0) is 47.2 Å². The van der Waals surface area contributed by atoms with Crippen LogP contribution in [0.15, 0.2) is 58.6 Å². The van der Waals surface area contributed by atoms with Crippen molar-refractivity contribution in [3.8, 4) is 0 Å². The van der Waals surface area contributed by atoms with E-state index in [-0.39, 0.29) is 0 Å². The third-order valence-corrected chi connectivity index (χ3v) is 11.6. The Bertz CT molecular complexity index is 861. The fourth-order valence-electron chi connectivity index (χ4n) is 4.77. The normalized spacial score (nSPS) is 22.5. The van der Waals surface area contributed by atoms with E-state index < -0.39 is 8.07 Å². The van der Waals surface area contributed by atoms with E-state index in [1.165, 1.54) is 33.4 Å². The molecule has 0 saturated heterocycles. The first-order valence-corrected chi connectivity index (χ1v) is 12.7. The molecule has 25 heavy (non-hydrogen) atoms. The van der Waals surface area contributed by atoms with E-state index in [1.807, 2.05) is 0 Å². The van der Waals surface area contributed by atoms with Crippen LogP contribution in [0.25, 0.3) is 11.1 Å². The summed E-state index contributed by atoms with van der Waals surface area (Å²) in [5, 5.41) is 2.04. The SMILES string of the molecule is CC1=C(Cl)C([Si](C)(C)C2C(Cl)=C(C)c3ccccc32)c2ccccc21. The van der Waals surface area contributed by atoms with Gasteiger partial charge in [0.2, 0.25) is 0 Å². The van der Waals surface area contributed by atoms with Gasteiger partial charge in [-0.25, -0.2) is 0 Å². The first-order valence-electron chi connectivity index (χ1n) is 8.76. The second-order valence-electron chi connectivity index (χ2n) is 7.81. The van der Waals surface area contributed by atoms with Gasteiger partial charge in [0, 0.05) is 21.1 Å². The molecule has 2 atom stereocenters. The largest absolute Gasteiger partial charge is 0.0885 e. The van der Waals surface area contributed by atoms with Crippen LogP contribution in [0.1, 0.15) is 47.2 Å². The Morgan fingerprint density at radius 3 is 1.44 bits per heavy atom. The van der Waals surface area contributed by atoms with Crippen LogP contribution in [0, 0.1) is 0 Å². The van der Waals surface area contributed by atoms with Gasteiger partial charge < -0.3 is 0 Å². The number of fused-ring (bicyclic) bond motifs is 2. The summed E-state index contributed by atoms with van der Waals surface area (Å²) in [4.78, 5) is 0. The van der Waals surface area contributed by atoms with Crippen molar-refractivity contribution in [1.82, 2.24) is 0 Å². The smallest absolute Gasteiger partial charge is 0.0753 e. The monoisotopic (exact) mass is 384 g/mol. The highest BCUT2D eigenvalue weighted by atomic mass is 35.5. The third-order valence-electron chi connectivity index (χ3n) is 6.06. The van der Waals surface area contributed by atoms with Gasteiger partial charge >= 0.3 is 0 Å². The van der Waals surface area contributed by atoms with Crippen molar-refractivity contribution < 1.29 is 0 Å². The average Bonchev–Trinajstić information content (AvgIpc) is 3.01. The van der Waals surface area contributed by atoms with Crippen molar-refractivity contribution in [2.24, 2.45) is 0 Å². The Labute approximate surface area is 161 Å². The molecule has 2 aliphatic rings. The van der Waals surface area contributed by atoms with Gasteiger partial charge in [-0.15, -0.1) is 0 Å². The summed E-state index contributed by atoms with van der Waals surface area (Å²) in [7, 11) is -1.93. The van der Waals surface area contributed by atoms with Gasteiger partial charge in [-0.2, -0.15) is 0 Å². The van der Waals surface area contributed by atoms with Crippen LogP contribution in [-0.4, -0.2) is 8.07 Å². The van der Waals surface area contributed by atoms with Gasteiger partial charge in [0.25, 0.3) is 0 Å². The lowest BCUT2D eigenvalue weighted by atomic mass is 10.1. The molecule has 0 aromatic heterocycles. The van der Waals surface area contributed by atoms with Crippen LogP contribution >= 0.6 is 23.2 Å². The van der Waals surface area contributed by atoms with Crippen LogP contribution in [0.5, 0.6) is 0 Å². The van der Waals surface area contributed by atoms with Gasteiger partial charge in [0.15, 0.2) is 0 Å². The fraction of sp³-hybridized carbons (Fsp3) is 0.273. The van der Waals surface area contributed by atoms with Gasteiger partial charge in [-0.3, -0.25) is 0 Å². The van der Waals surface area contributed by atoms with E-state index in [4.69, 9.17) is 23.2 Å². The molecule has 0 amide bonds. The quantitative estimate of drug-likeness (QED) is 0.476. The highest BCUT2D eigenvalue weighted by molar-refractivity contribution is 6.83. The number of halogens is 2. The van der Waals surface area contributed by atoms with E-state index in [0.717, 1.165) is 10.1 Å². The highest BCUT2D eigenvalue weighted by Gasteiger charge is 2.49. The Balaban J connectivity index is 1.90. The summed E-state index contributed by atoms with van der Waals surface area (Å²) in [6, 6.07) is 17.4. The summed E-state index contributed by atoms with van der Waals surface area (Å²) in [6.07, 6.45) is 0. The molecular formula is C22H22Cl2Si. The molecule has 0 saturated carbocycles. The lowest BCUT2D eigenvalue weighted by Crippen LogP contribution is -2.41. The minimum absolute atomic E-state index is 0.295. The van der Waals surface area contributed by atoms with Gasteiger partial charge in [0.1, 0.15) is 0 Å². The summed E-state index contributed by atoms with van der Waals surface area (Å²) in [5.41, 5.74) is 8.42. The summed E-state index contributed by atoms with van der Waals surface area (Å²) < 4.78 is 0. The number of benzene rings is 2. The van der Waals surface area contributed by atoms with Gasteiger partial charge in [0.05, 0.1) is 8.07 Å². The topological polar surface area (TPSA) is 0 Å². The zero-order chi connectivity index (χ0) is 17.9. The molecule has 0 nitrogen and oxygen atoms in total. The minimum atomic E-state index is -1.93. The molecule has 0 fully saturated rings. The Hall–Kier alpha value is -1.28. The van der Waals surface area contributed by atoms with Crippen molar-refractivity contribution in [3.05, 3.63) is 80.8 Å². The second-order valence-corrected chi connectivity index (χ2v) is 13.4. The van der Waals surface area contributed by atoms with E-state index in [9.17, 15) is 0 Å². The predicted octanol–water partition coefficient (Wildman–Crippen LogP) is 7.31. The first kappa shape index (κ1) is 17.1. The van der Waals surface area contributed by atoms with Crippen molar-refractivity contribution >= 4 is 42.4 Å². The average molecular weight is 385 g/mol. The molecule has 2 unspecified atom stereocenters. The summed E-state index contributed by atoms with van der Waals surface area (Å²) >= 11 is 13.8. The first-order chi connectivity index (χ1) is 11.9. The Morgan fingerprint density at radius 1 is 0.680 bits per heavy atom. The van der Waals surface area contributed by atoms with Crippen molar-refractivity contribution in [1.29, 1.82) is 0 Å². The van der Waals surface area contributed by atoms with E-state index in [1.54, 1.807) is 0 Å². The third kappa shape index (κ3) is 2.33. The van der Waals surface area contributed by atoms with Crippen LogP contribution in [0.3, 0.4) is 0 Å². The molecule has 0 heterocycles. The van der Waals surface area contributed by atoms with E-state index >= 15 is 0 Å². The molecule has 128 valence electrons. The lowest BCUT2D eigenvalue weighted by molar-refractivity contribution is 1.03. The predicted molar refractivity (Wildman–Crippen MR) is 113 cm³/mol. The van der Waals surface area contributed by atoms with Crippen molar-refractivity contribution in [2.75, 3.05) is 0 Å². The zero-order valence-electron chi connectivity index (χ0n) is 15.0. The van der Waals surface area contributed by atoms with E-state index in [2.05, 4.69) is 75.5 Å². The molecule has 0 spiro atoms.